The first-order valence-electron chi connectivity index (χ1n) is 5.27. The maximum atomic E-state index is 11.4. The molecule has 86 valence electrons. The minimum atomic E-state index is -0.729. The van der Waals surface area contributed by atoms with E-state index in [1.54, 1.807) is 16.8 Å². The Labute approximate surface area is 92.9 Å². The van der Waals surface area contributed by atoms with E-state index in [4.69, 9.17) is 5.11 Å². The number of carboxylic acids is 1. The van der Waals surface area contributed by atoms with Gasteiger partial charge < -0.3 is 9.67 Å². The Hall–Kier alpha value is -1.62. The number of pyridine rings is 1. The molecule has 2 heterocycles. The summed E-state index contributed by atoms with van der Waals surface area (Å²) >= 11 is 0. The molecular weight excluding hydrogens is 208 g/mol. The Morgan fingerprint density at radius 3 is 2.75 bits per heavy atom. The van der Waals surface area contributed by atoms with Crippen LogP contribution in [0.25, 0.3) is 0 Å². The fraction of sp³-hybridized carbons (Fsp3) is 0.455. The number of carbonyl (C=O) groups is 1. The number of hydrogen-bond acceptors (Lipinski definition) is 3. The smallest absolute Gasteiger partial charge is 0.309 e. The lowest BCUT2D eigenvalue weighted by Gasteiger charge is -2.36. The van der Waals surface area contributed by atoms with Crippen molar-refractivity contribution in [1.29, 1.82) is 0 Å². The minimum Gasteiger partial charge on any atom is -0.481 e. The summed E-state index contributed by atoms with van der Waals surface area (Å²) in [7, 11) is 0. The molecule has 1 aromatic heterocycles. The molecule has 1 N–H and O–H groups in total. The van der Waals surface area contributed by atoms with Gasteiger partial charge in [0.05, 0.1) is 5.92 Å². The van der Waals surface area contributed by atoms with Gasteiger partial charge in [-0.25, -0.2) is 0 Å². The maximum Gasteiger partial charge on any atom is 0.309 e. The highest BCUT2D eigenvalue weighted by Gasteiger charge is 2.31. The van der Waals surface area contributed by atoms with Crippen LogP contribution in [0.2, 0.25) is 0 Å². The summed E-state index contributed by atoms with van der Waals surface area (Å²) in [5.74, 6) is -0.958. The summed E-state index contributed by atoms with van der Waals surface area (Å²) in [6.07, 6.45) is 1.75. The molecule has 0 bridgehead atoms. The normalized spacial score (nSPS) is 17.0. The molecular formula is C11H14N2O3. The molecule has 1 aliphatic rings. The first-order chi connectivity index (χ1) is 7.66. The molecule has 0 amide bonds. The van der Waals surface area contributed by atoms with Gasteiger partial charge in [0.2, 0.25) is 0 Å². The molecule has 0 spiro atoms. The highest BCUT2D eigenvalue weighted by atomic mass is 16.4. The monoisotopic (exact) mass is 222 g/mol. The van der Waals surface area contributed by atoms with Gasteiger partial charge in [-0.1, -0.05) is 6.07 Å². The van der Waals surface area contributed by atoms with Crippen molar-refractivity contribution in [1.82, 2.24) is 9.47 Å². The van der Waals surface area contributed by atoms with Crippen molar-refractivity contribution in [3.8, 4) is 0 Å². The molecule has 5 heteroatoms. The van der Waals surface area contributed by atoms with E-state index >= 15 is 0 Å². The average Bonchev–Trinajstić information content (AvgIpc) is 2.17. The molecule has 1 saturated heterocycles. The second-order valence-corrected chi connectivity index (χ2v) is 4.03. The highest BCUT2D eigenvalue weighted by molar-refractivity contribution is 5.71. The third-order valence-electron chi connectivity index (χ3n) is 2.86. The van der Waals surface area contributed by atoms with E-state index in [2.05, 4.69) is 0 Å². The third kappa shape index (κ3) is 2.30. The standard InChI is InChI=1S/C11H14N2O3/c14-10-3-1-2-4-13(10)6-5-12-7-9(8-12)11(15)16/h1-4,9H,5-8H2,(H,15,16). The molecule has 0 aliphatic carbocycles. The first kappa shape index (κ1) is 10.9. The summed E-state index contributed by atoms with van der Waals surface area (Å²) < 4.78 is 1.63. The van der Waals surface area contributed by atoms with Gasteiger partial charge in [0.1, 0.15) is 0 Å². The predicted molar refractivity (Wildman–Crippen MR) is 58.3 cm³/mol. The molecule has 2 rings (SSSR count). The van der Waals surface area contributed by atoms with Gasteiger partial charge in [0.25, 0.3) is 5.56 Å². The van der Waals surface area contributed by atoms with Crippen LogP contribution in [-0.2, 0) is 11.3 Å². The topological polar surface area (TPSA) is 62.5 Å². The number of rotatable bonds is 4. The minimum absolute atomic E-state index is 0.0159. The number of aromatic nitrogens is 1. The lowest BCUT2D eigenvalue weighted by molar-refractivity contribution is -0.147. The summed E-state index contributed by atoms with van der Waals surface area (Å²) in [5.41, 5.74) is -0.0159. The summed E-state index contributed by atoms with van der Waals surface area (Å²) in [6, 6.07) is 5.05. The van der Waals surface area contributed by atoms with Crippen molar-refractivity contribution in [2.45, 2.75) is 6.54 Å². The van der Waals surface area contributed by atoms with Crippen LogP contribution in [0, 0.1) is 5.92 Å². The van der Waals surface area contributed by atoms with E-state index in [-0.39, 0.29) is 11.5 Å². The first-order valence-corrected chi connectivity index (χ1v) is 5.27. The van der Waals surface area contributed by atoms with E-state index < -0.39 is 5.97 Å². The second kappa shape index (κ2) is 4.49. The Morgan fingerprint density at radius 2 is 2.12 bits per heavy atom. The van der Waals surface area contributed by atoms with Crippen molar-refractivity contribution >= 4 is 5.97 Å². The molecule has 1 aliphatic heterocycles. The van der Waals surface area contributed by atoms with E-state index in [1.807, 2.05) is 11.0 Å². The largest absolute Gasteiger partial charge is 0.481 e. The second-order valence-electron chi connectivity index (χ2n) is 4.03. The van der Waals surface area contributed by atoms with Crippen molar-refractivity contribution < 1.29 is 9.90 Å². The molecule has 0 aromatic carbocycles. The zero-order valence-electron chi connectivity index (χ0n) is 8.87. The fourth-order valence-electron chi connectivity index (χ4n) is 1.80. The van der Waals surface area contributed by atoms with Gasteiger partial charge in [0, 0.05) is 38.4 Å². The third-order valence-corrected chi connectivity index (χ3v) is 2.86. The van der Waals surface area contributed by atoms with Gasteiger partial charge in [-0.3, -0.25) is 14.5 Å². The van der Waals surface area contributed by atoms with Crippen LogP contribution in [0.4, 0.5) is 0 Å². The van der Waals surface area contributed by atoms with Gasteiger partial charge in [0.15, 0.2) is 0 Å². The van der Waals surface area contributed by atoms with E-state index in [0.717, 1.165) is 6.54 Å². The Kier molecular flexibility index (Phi) is 3.05. The Bertz CT molecular complexity index is 435. The molecule has 0 saturated carbocycles. The molecule has 1 fully saturated rings. The van der Waals surface area contributed by atoms with Gasteiger partial charge in [-0.15, -0.1) is 0 Å². The van der Waals surface area contributed by atoms with Crippen LogP contribution in [-0.4, -0.2) is 40.2 Å². The van der Waals surface area contributed by atoms with Gasteiger partial charge in [-0.05, 0) is 6.07 Å². The Morgan fingerprint density at radius 1 is 1.38 bits per heavy atom. The molecule has 0 unspecified atom stereocenters. The number of nitrogens with zero attached hydrogens (tertiary/aromatic N) is 2. The molecule has 5 nitrogen and oxygen atoms in total. The van der Waals surface area contributed by atoms with E-state index in [0.29, 0.717) is 19.6 Å². The van der Waals surface area contributed by atoms with Crippen molar-refractivity contribution in [2.75, 3.05) is 19.6 Å². The van der Waals surface area contributed by atoms with Crippen molar-refractivity contribution in [2.24, 2.45) is 5.92 Å². The quantitative estimate of drug-likeness (QED) is 0.770. The molecule has 0 atom stereocenters. The van der Waals surface area contributed by atoms with Gasteiger partial charge in [-0.2, -0.15) is 0 Å². The molecule has 0 radical (unpaired) electrons. The van der Waals surface area contributed by atoms with E-state index in [1.165, 1.54) is 6.07 Å². The summed E-state index contributed by atoms with van der Waals surface area (Å²) in [5, 5.41) is 8.70. The number of carboxylic acid groups (broad SMARTS) is 1. The molecule has 16 heavy (non-hydrogen) atoms. The fourth-order valence-corrected chi connectivity index (χ4v) is 1.80. The van der Waals surface area contributed by atoms with E-state index in [9.17, 15) is 9.59 Å². The average molecular weight is 222 g/mol. The number of aliphatic carboxylic acids is 1. The van der Waals surface area contributed by atoms with Gasteiger partial charge >= 0.3 is 5.97 Å². The summed E-state index contributed by atoms with van der Waals surface area (Å²) in [6.45, 7) is 2.54. The van der Waals surface area contributed by atoms with Crippen LogP contribution < -0.4 is 5.56 Å². The Balaban J connectivity index is 1.80. The summed E-state index contributed by atoms with van der Waals surface area (Å²) in [4.78, 5) is 24.0. The zero-order chi connectivity index (χ0) is 11.5. The lowest BCUT2D eigenvalue weighted by atomic mass is 10.0. The molecule has 1 aromatic rings. The van der Waals surface area contributed by atoms with Crippen LogP contribution in [0.15, 0.2) is 29.2 Å². The number of hydrogen-bond donors (Lipinski definition) is 1. The highest BCUT2D eigenvalue weighted by Crippen LogP contribution is 2.14. The van der Waals surface area contributed by atoms with Crippen LogP contribution in [0.5, 0.6) is 0 Å². The number of likely N-dealkylation sites (tertiary alicyclic amines) is 1. The van der Waals surface area contributed by atoms with Crippen molar-refractivity contribution in [3.63, 3.8) is 0 Å². The predicted octanol–water partition coefficient (Wildman–Crippen LogP) is -0.135. The zero-order valence-corrected chi connectivity index (χ0v) is 8.87. The van der Waals surface area contributed by atoms with Crippen molar-refractivity contribution in [3.05, 3.63) is 34.7 Å². The maximum absolute atomic E-state index is 11.4. The SMILES string of the molecule is O=C(O)C1CN(CCn2ccccc2=O)C1. The van der Waals surface area contributed by atoms with Crippen LogP contribution in [0.1, 0.15) is 0 Å². The lowest BCUT2D eigenvalue weighted by Crippen LogP contribution is -2.51. The van der Waals surface area contributed by atoms with Crippen LogP contribution in [0.3, 0.4) is 0 Å². The van der Waals surface area contributed by atoms with Crippen LogP contribution >= 0.6 is 0 Å².